The Balaban J connectivity index is 1.68. The fourth-order valence-electron chi connectivity index (χ4n) is 3.37. The third-order valence-electron chi connectivity index (χ3n) is 5.00. The van der Waals surface area contributed by atoms with Crippen LogP contribution in [0.2, 0.25) is 5.02 Å². The molecule has 1 aromatic heterocycles. The van der Waals surface area contributed by atoms with Gasteiger partial charge in [0.2, 0.25) is 5.75 Å². The normalized spacial score (nSPS) is 10.8. The van der Waals surface area contributed by atoms with E-state index in [4.69, 9.17) is 35.0 Å². The fraction of sp³-hybridized carbons (Fsp3) is 0.160. The van der Waals surface area contributed by atoms with Gasteiger partial charge in [-0.3, -0.25) is 4.79 Å². The Labute approximate surface area is 189 Å². The number of benzene rings is 3. The maximum Gasteiger partial charge on any atom is 0.203 e. The summed E-state index contributed by atoms with van der Waals surface area (Å²) in [6.45, 7) is 0.292. The van der Waals surface area contributed by atoms with Gasteiger partial charge in [0.05, 0.1) is 26.7 Å². The molecule has 0 atom stereocenters. The molecule has 0 N–H and O–H groups in total. The van der Waals surface area contributed by atoms with E-state index in [-0.39, 0.29) is 5.43 Å². The molecule has 6 nitrogen and oxygen atoms in total. The van der Waals surface area contributed by atoms with Crippen LogP contribution in [0.5, 0.6) is 23.0 Å². The van der Waals surface area contributed by atoms with E-state index < -0.39 is 0 Å². The molecule has 32 heavy (non-hydrogen) atoms. The van der Waals surface area contributed by atoms with Crippen LogP contribution in [0.1, 0.15) is 5.56 Å². The van der Waals surface area contributed by atoms with Crippen LogP contribution >= 0.6 is 11.6 Å². The third kappa shape index (κ3) is 4.22. The number of ether oxygens (including phenoxy) is 4. The van der Waals surface area contributed by atoms with Crippen molar-refractivity contribution in [3.63, 3.8) is 0 Å². The topological polar surface area (TPSA) is 67.1 Å². The molecule has 1 heterocycles. The molecule has 4 aromatic rings. The zero-order chi connectivity index (χ0) is 22.7. The van der Waals surface area contributed by atoms with Crippen LogP contribution in [0.3, 0.4) is 0 Å². The number of fused-ring (bicyclic) bond motifs is 1. The van der Waals surface area contributed by atoms with Gasteiger partial charge in [0.1, 0.15) is 23.7 Å². The standard InChI is InChI=1S/C25H21ClO6/c1-28-23-10-16(11-24(29-2)25(23)30-3)22-13-20(27)18-12-17(8-9-21(18)32-22)31-14-15-6-4-5-7-19(15)26/h4-13H,14H2,1-3H3. The van der Waals surface area contributed by atoms with Crippen molar-refractivity contribution in [1.82, 2.24) is 0 Å². The minimum atomic E-state index is -0.196. The minimum Gasteiger partial charge on any atom is -0.493 e. The van der Waals surface area contributed by atoms with Gasteiger partial charge in [0, 0.05) is 22.2 Å². The van der Waals surface area contributed by atoms with E-state index in [0.717, 1.165) is 5.56 Å². The number of hydrogen-bond acceptors (Lipinski definition) is 6. The monoisotopic (exact) mass is 452 g/mol. The lowest BCUT2D eigenvalue weighted by Gasteiger charge is -2.14. The van der Waals surface area contributed by atoms with E-state index in [1.807, 2.05) is 18.2 Å². The molecule has 3 aromatic carbocycles. The second-order valence-corrected chi connectivity index (χ2v) is 7.33. The SMILES string of the molecule is COc1cc(-c2cc(=O)c3cc(OCc4ccccc4Cl)ccc3o2)cc(OC)c1OC. The van der Waals surface area contributed by atoms with Gasteiger partial charge < -0.3 is 23.4 Å². The lowest BCUT2D eigenvalue weighted by molar-refractivity contribution is 0.306. The molecule has 0 saturated heterocycles. The highest BCUT2D eigenvalue weighted by Crippen LogP contribution is 2.41. The van der Waals surface area contributed by atoms with Crippen molar-refractivity contribution < 1.29 is 23.4 Å². The Morgan fingerprint density at radius 1 is 0.875 bits per heavy atom. The number of rotatable bonds is 7. The zero-order valence-corrected chi connectivity index (χ0v) is 18.6. The van der Waals surface area contributed by atoms with Crippen LogP contribution in [-0.4, -0.2) is 21.3 Å². The average Bonchev–Trinajstić information content (AvgIpc) is 2.82. The van der Waals surface area contributed by atoms with Crippen LogP contribution in [0.4, 0.5) is 0 Å². The molecule has 0 aliphatic carbocycles. The van der Waals surface area contributed by atoms with Crippen molar-refractivity contribution in [1.29, 1.82) is 0 Å². The highest BCUT2D eigenvalue weighted by atomic mass is 35.5. The van der Waals surface area contributed by atoms with E-state index in [2.05, 4.69) is 0 Å². The molecule has 0 amide bonds. The van der Waals surface area contributed by atoms with Crippen LogP contribution in [0, 0.1) is 0 Å². The first-order chi connectivity index (χ1) is 15.5. The average molecular weight is 453 g/mol. The molecule has 0 spiro atoms. The second kappa shape index (κ2) is 9.24. The van der Waals surface area contributed by atoms with Gasteiger partial charge in [-0.05, 0) is 36.4 Å². The third-order valence-corrected chi connectivity index (χ3v) is 5.37. The molecule has 4 rings (SSSR count). The molecular formula is C25H21ClO6. The molecule has 0 fully saturated rings. The Bertz CT molecular complexity index is 1300. The molecule has 7 heteroatoms. The summed E-state index contributed by atoms with van der Waals surface area (Å²) in [4.78, 5) is 12.9. The van der Waals surface area contributed by atoms with Crippen molar-refractivity contribution in [3.8, 4) is 34.3 Å². The molecule has 0 aliphatic rings. The van der Waals surface area contributed by atoms with Crippen LogP contribution in [-0.2, 0) is 6.61 Å². The summed E-state index contributed by atoms with van der Waals surface area (Å²) in [5.41, 5.74) is 1.72. The molecule has 0 bridgehead atoms. The minimum absolute atomic E-state index is 0.196. The Morgan fingerprint density at radius 2 is 1.59 bits per heavy atom. The van der Waals surface area contributed by atoms with Crippen LogP contribution in [0.25, 0.3) is 22.3 Å². The largest absolute Gasteiger partial charge is 0.493 e. The summed E-state index contributed by atoms with van der Waals surface area (Å²) in [7, 11) is 4.59. The van der Waals surface area contributed by atoms with Gasteiger partial charge in [-0.1, -0.05) is 29.8 Å². The van der Waals surface area contributed by atoms with Crippen LogP contribution in [0.15, 0.2) is 69.9 Å². The van der Waals surface area contributed by atoms with Crippen molar-refractivity contribution in [3.05, 3.63) is 81.5 Å². The predicted octanol–water partition coefficient (Wildman–Crippen LogP) is 5.72. The van der Waals surface area contributed by atoms with Crippen molar-refractivity contribution in [2.24, 2.45) is 0 Å². The smallest absolute Gasteiger partial charge is 0.203 e. The molecule has 0 radical (unpaired) electrons. The number of hydrogen-bond donors (Lipinski definition) is 0. The van der Waals surface area contributed by atoms with Crippen LogP contribution < -0.4 is 24.4 Å². The maximum absolute atomic E-state index is 12.9. The lowest BCUT2D eigenvalue weighted by atomic mass is 10.1. The van der Waals surface area contributed by atoms with Gasteiger partial charge in [0.15, 0.2) is 16.9 Å². The zero-order valence-electron chi connectivity index (χ0n) is 17.8. The van der Waals surface area contributed by atoms with Gasteiger partial charge in [-0.2, -0.15) is 0 Å². The molecule has 0 unspecified atom stereocenters. The second-order valence-electron chi connectivity index (χ2n) is 6.93. The molecular weight excluding hydrogens is 432 g/mol. The summed E-state index contributed by atoms with van der Waals surface area (Å²) >= 11 is 6.18. The van der Waals surface area contributed by atoms with E-state index in [0.29, 0.717) is 56.9 Å². The van der Waals surface area contributed by atoms with Gasteiger partial charge in [0.25, 0.3) is 0 Å². The maximum atomic E-state index is 12.9. The Morgan fingerprint density at radius 3 is 2.25 bits per heavy atom. The van der Waals surface area contributed by atoms with E-state index in [1.165, 1.54) is 27.4 Å². The van der Waals surface area contributed by atoms with Crippen molar-refractivity contribution in [2.45, 2.75) is 6.61 Å². The summed E-state index contributed by atoms with van der Waals surface area (Å²) in [6, 6.07) is 17.5. The highest BCUT2D eigenvalue weighted by Gasteiger charge is 2.16. The quantitative estimate of drug-likeness (QED) is 0.357. The van der Waals surface area contributed by atoms with Crippen molar-refractivity contribution >= 4 is 22.6 Å². The molecule has 0 saturated carbocycles. The molecule has 164 valence electrons. The fourth-order valence-corrected chi connectivity index (χ4v) is 3.56. The summed E-state index contributed by atoms with van der Waals surface area (Å²) in [6.07, 6.45) is 0. The highest BCUT2D eigenvalue weighted by molar-refractivity contribution is 6.31. The number of methoxy groups -OCH3 is 3. The van der Waals surface area contributed by atoms with Gasteiger partial charge in [-0.25, -0.2) is 0 Å². The summed E-state index contributed by atoms with van der Waals surface area (Å²) in [5, 5.41) is 1.04. The van der Waals surface area contributed by atoms with E-state index in [9.17, 15) is 4.79 Å². The van der Waals surface area contributed by atoms with E-state index >= 15 is 0 Å². The van der Waals surface area contributed by atoms with E-state index in [1.54, 1.807) is 36.4 Å². The first-order valence-electron chi connectivity index (χ1n) is 9.78. The van der Waals surface area contributed by atoms with Gasteiger partial charge in [-0.15, -0.1) is 0 Å². The van der Waals surface area contributed by atoms with Crippen molar-refractivity contribution in [2.75, 3.05) is 21.3 Å². The lowest BCUT2D eigenvalue weighted by Crippen LogP contribution is -2.02. The summed E-state index contributed by atoms with van der Waals surface area (Å²) in [5.74, 6) is 2.32. The molecule has 0 aliphatic heterocycles. The Hall–Kier alpha value is -3.64. The number of halogens is 1. The van der Waals surface area contributed by atoms with Gasteiger partial charge >= 0.3 is 0 Å². The first kappa shape index (κ1) is 21.6. The summed E-state index contributed by atoms with van der Waals surface area (Å²) < 4.78 is 28.0. The Kier molecular flexibility index (Phi) is 6.23. The first-order valence-corrected chi connectivity index (χ1v) is 10.2. The predicted molar refractivity (Wildman–Crippen MR) is 123 cm³/mol.